The van der Waals surface area contributed by atoms with E-state index < -0.39 is 17.3 Å². The Hall–Kier alpha value is -1.40. The van der Waals surface area contributed by atoms with Crippen molar-refractivity contribution in [2.45, 2.75) is 24.7 Å². The van der Waals surface area contributed by atoms with Crippen LogP contribution < -0.4 is 0 Å². The third-order valence-corrected chi connectivity index (χ3v) is 5.45. The fourth-order valence-corrected chi connectivity index (χ4v) is 3.98. The van der Waals surface area contributed by atoms with Gasteiger partial charge < -0.3 is 14.7 Å². The van der Waals surface area contributed by atoms with Crippen molar-refractivity contribution < 1.29 is 19.4 Å². The van der Waals surface area contributed by atoms with E-state index in [9.17, 15) is 14.7 Å². The lowest BCUT2D eigenvalue weighted by Gasteiger charge is -2.39. The largest absolute Gasteiger partial charge is 0.481 e. The summed E-state index contributed by atoms with van der Waals surface area (Å²) in [5, 5.41) is 9.18. The Labute approximate surface area is 143 Å². The van der Waals surface area contributed by atoms with Crippen LogP contribution in [0.1, 0.15) is 24.8 Å². The lowest BCUT2D eigenvalue weighted by atomic mass is 9.73. The average molecular weight is 382 g/mol. The number of hydrogen-bond acceptors (Lipinski definition) is 3. The van der Waals surface area contributed by atoms with Gasteiger partial charge in [-0.1, -0.05) is 28.1 Å². The molecule has 2 aliphatic rings. The topological polar surface area (TPSA) is 66.8 Å². The third kappa shape index (κ3) is 3.15. The molecular weight excluding hydrogens is 362 g/mol. The lowest BCUT2D eigenvalue weighted by Crippen LogP contribution is -2.49. The van der Waals surface area contributed by atoms with Gasteiger partial charge in [-0.25, -0.2) is 0 Å². The maximum atomic E-state index is 13.3. The van der Waals surface area contributed by atoms with Gasteiger partial charge in [-0.3, -0.25) is 9.59 Å². The molecule has 0 saturated carbocycles. The summed E-state index contributed by atoms with van der Waals surface area (Å²) in [5.74, 6) is -1.22. The number of amides is 1. The number of rotatable bonds is 3. The quantitative estimate of drug-likeness (QED) is 0.872. The Morgan fingerprint density at radius 1 is 1.30 bits per heavy atom. The van der Waals surface area contributed by atoms with Gasteiger partial charge in [-0.15, -0.1) is 0 Å². The van der Waals surface area contributed by atoms with Gasteiger partial charge in [0.1, 0.15) is 0 Å². The Bertz CT molecular complexity index is 612. The van der Waals surface area contributed by atoms with Crippen LogP contribution >= 0.6 is 15.9 Å². The molecule has 5 nitrogen and oxygen atoms in total. The van der Waals surface area contributed by atoms with Crippen LogP contribution in [0.5, 0.6) is 0 Å². The summed E-state index contributed by atoms with van der Waals surface area (Å²) in [7, 11) is 0. The summed E-state index contributed by atoms with van der Waals surface area (Å²) < 4.78 is 6.42. The highest BCUT2D eigenvalue weighted by Gasteiger charge is 2.46. The second-order valence-electron chi connectivity index (χ2n) is 6.28. The van der Waals surface area contributed by atoms with Crippen molar-refractivity contribution in [2.24, 2.45) is 5.92 Å². The van der Waals surface area contributed by atoms with E-state index in [0.29, 0.717) is 45.6 Å². The number of carboxylic acids is 1. The highest BCUT2D eigenvalue weighted by Crippen LogP contribution is 2.39. The van der Waals surface area contributed by atoms with Crippen LogP contribution in [0.25, 0.3) is 0 Å². The van der Waals surface area contributed by atoms with Crippen LogP contribution in [0.15, 0.2) is 28.7 Å². The average Bonchev–Trinajstić information content (AvgIpc) is 3.05. The maximum Gasteiger partial charge on any atom is 0.308 e. The molecule has 6 heteroatoms. The third-order valence-electron chi connectivity index (χ3n) is 4.96. The van der Waals surface area contributed by atoms with Crippen LogP contribution in [0, 0.1) is 5.92 Å². The van der Waals surface area contributed by atoms with Crippen molar-refractivity contribution in [3.8, 4) is 0 Å². The van der Waals surface area contributed by atoms with Crippen molar-refractivity contribution in [3.05, 3.63) is 34.3 Å². The van der Waals surface area contributed by atoms with Gasteiger partial charge in [0.15, 0.2) is 0 Å². The first-order chi connectivity index (χ1) is 11.0. The molecule has 1 atom stereocenters. The molecule has 0 spiro atoms. The summed E-state index contributed by atoms with van der Waals surface area (Å²) in [6.45, 7) is 1.93. The molecule has 2 heterocycles. The van der Waals surface area contributed by atoms with E-state index in [4.69, 9.17) is 4.74 Å². The van der Waals surface area contributed by atoms with Gasteiger partial charge in [-0.05, 0) is 37.0 Å². The zero-order valence-corrected chi connectivity index (χ0v) is 14.4. The van der Waals surface area contributed by atoms with Gasteiger partial charge in [0.2, 0.25) is 5.91 Å². The van der Waals surface area contributed by atoms with Crippen LogP contribution in [-0.2, 0) is 19.7 Å². The molecule has 1 N–H and O–H groups in total. The molecule has 2 fully saturated rings. The number of hydrogen-bond donors (Lipinski definition) is 1. The van der Waals surface area contributed by atoms with Crippen molar-refractivity contribution >= 4 is 27.8 Å². The summed E-state index contributed by atoms with van der Waals surface area (Å²) in [6.07, 6.45) is 1.80. The number of benzene rings is 1. The van der Waals surface area contributed by atoms with Gasteiger partial charge in [-0.2, -0.15) is 0 Å². The highest BCUT2D eigenvalue weighted by molar-refractivity contribution is 9.10. The lowest BCUT2D eigenvalue weighted by molar-refractivity contribution is -0.143. The number of aliphatic carboxylic acids is 1. The molecule has 1 amide bonds. The van der Waals surface area contributed by atoms with Gasteiger partial charge in [0, 0.05) is 30.8 Å². The molecule has 0 aromatic heterocycles. The van der Waals surface area contributed by atoms with Crippen molar-refractivity contribution in [1.29, 1.82) is 0 Å². The minimum atomic E-state index is -0.816. The molecule has 3 rings (SSSR count). The fourth-order valence-electron chi connectivity index (χ4n) is 3.58. The molecule has 1 aromatic carbocycles. The van der Waals surface area contributed by atoms with Crippen LogP contribution in [-0.4, -0.2) is 48.2 Å². The molecular formula is C17H20BrNO4. The number of likely N-dealkylation sites (tertiary alicyclic amines) is 1. The molecule has 124 valence electrons. The fraction of sp³-hybridized carbons (Fsp3) is 0.529. The van der Waals surface area contributed by atoms with Crippen molar-refractivity contribution in [1.82, 2.24) is 4.90 Å². The maximum absolute atomic E-state index is 13.3. The second kappa shape index (κ2) is 6.61. The minimum absolute atomic E-state index is 0.0441. The van der Waals surface area contributed by atoms with Crippen LogP contribution in [0.2, 0.25) is 0 Å². The number of halogens is 1. The van der Waals surface area contributed by atoms with E-state index in [1.54, 1.807) is 4.90 Å². The van der Waals surface area contributed by atoms with E-state index in [1.807, 2.05) is 24.3 Å². The summed E-state index contributed by atoms with van der Waals surface area (Å²) in [6, 6.07) is 7.86. The molecule has 0 radical (unpaired) electrons. The van der Waals surface area contributed by atoms with E-state index in [0.717, 1.165) is 10.0 Å². The predicted molar refractivity (Wildman–Crippen MR) is 88.2 cm³/mol. The first-order valence-electron chi connectivity index (χ1n) is 7.89. The van der Waals surface area contributed by atoms with Gasteiger partial charge >= 0.3 is 5.97 Å². The Kier molecular flexibility index (Phi) is 4.73. The zero-order chi connectivity index (χ0) is 16.4. The smallest absolute Gasteiger partial charge is 0.308 e. The summed E-state index contributed by atoms with van der Waals surface area (Å²) in [5.41, 5.74) is 0.383. The molecule has 23 heavy (non-hydrogen) atoms. The van der Waals surface area contributed by atoms with Gasteiger partial charge in [0.05, 0.1) is 11.3 Å². The molecule has 0 bridgehead atoms. The highest BCUT2D eigenvalue weighted by atomic mass is 79.9. The predicted octanol–water partition coefficient (Wildman–Crippen LogP) is 2.43. The number of carbonyl (C=O) groups is 2. The van der Waals surface area contributed by atoms with Crippen molar-refractivity contribution in [3.63, 3.8) is 0 Å². The normalized spacial score (nSPS) is 23.7. The SMILES string of the molecule is O=C(O)[C@@H]1CCN(C(=O)C2(c3cccc(Br)c3)CCOCC2)C1. The second-order valence-corrected chi connectivity index (χ2v) is 7.20. The minimum Gasteiger partial charge on any atom is -0.481 e. The molecule has 0 unspecified atom stereocenters. The van der Waals surface area contributed by atoms with Crippen molar-refractivity contribution in [2.75, 3.05) is 26.3 Å². The molecule has 2 saturated heterocycles. The van der Waals surface area contributed by atoms with Crippen LogP contribution in [0.4, 0.5) is 0 Å². The Morgan fingerprint density at radius 3 is 2.65 bits per heavy atom. The summed E-state index contributed by atoms with van der Waals surface area (Å²) >= 11 is 3.48. The van der Waals surface area contributed by atoms with E-state index >= 15 is 0 Å². The standard InChI is InChI=1S/C17H20BrNO4/c18-14-3-1-2-13(10-14)17(5-8-23-9-6-17)16(22)19-7-4-12(11-19)15(20)21/h1-3,10,12H,4-9,11H2,(H,20,21)/t12-/m1/s1. The Morgan fingerprint density at radius 2 is 2.04 bits per heavy atom. The number of carbonyl (C=O) groups excluding carboxylic acids is 1. The Balaban J connectivity index is 1.90. The first-order valence-corrected chi connectivity index (χ1v) is 8.68. The van der Waals surface area contributed by atoms with Crippen LogP contribution in [0.3, 0.4) is 0 Å². The number of nitrogens with zero attached hydrogens (tertiary/aromatic N) is 1. The summed E-state index contributed by atoms with van der Waals surface area (Å²) in [4.78, 5) is 26.2. The molecule has 2 aliphatic heterocycles. The zero-order valence-electron chi connectivity index (χ0n) is 12.8. The molecule has 1 aromatic rings. The number of ether oxygens (including phenoxy) is 1. The van der Waals surface area contributed by atoms with E-state index in [2.05, 4.69) is 15.9 Å². The number of carboxylic acid groups (broad SMARTS) is 1. The van der Waals surface area contributed by atoms with E-state index in [1.165, 1.54) is 0 Å². The van der Waals surface area contributed by atoms with E-state index in [-0.39, 0.29) is 5.91 Å². The van der Waals surface area contributed by atoms with Gasteiger partial charge in [0.25, 0.3) is 0 Å². The monoisotopic (exact) mass is 381 g/mol. The first kappa shape index (κ1) is 16.5. The molecule has 0 aliphatic carbocycles.